The number of aromatic nitrogens is 2. The molecule has 1 amide bonds. The summed E-state index contributed by atoms with van der Waals surface area (Å²) in [5.41, 5.74) is -1.19. The Morgan fingerprint density at radius 1 is 1.14 bits per heavy atom. The van der Waals surface area contributed by atoms with Crippen molar-refractivity contribution in [3.05, 3.63) is 64.7 Å². The first-order chi connectivity index (χ1) is 17.4. The van der Waals surface area contributed by atoms with E-state index in [1.54, 1.807) is 0 Å². The molecule has 2 aromatic carbocycles. The predicted molar refractivity (Wildman–Crippen MR) is 130 cm³/mol. The average molecular weight is 539 g/mol. The van der Waals surface area contributed by atoms with Gasteiger partial charge in [0, 0.05) is 30.8 Å². The Morgan fingerprint density at radius 2 is 1.81 bits per heavy atom. The molecule has 4 rings (SSSR count). The Labute approximate surface area is 210 Å². The van der Waals surface area contributed by atoms with Gasteiger partial charge in [0.25, 0.3) is 21.5 Å². The lowest BCUT2D eigenvalue weighted by Gasteiger charge is -2.38. The monoisotopic (exact) mass is 538 g/mol. The molecule has 0 unspecified atom stereocenters. The van der Waals surface area contributed by atoms with Crippen molar-refractivity contribution in [1.82, 2.24) is 14.9 Å². The van der Waals surface area contributed by atoms with E-state index in [4.69, 9.17) is 0 Å². The summed E-state index contributed by atoms with van der Waals surface area (Å²) in [5.74, 6) is -0.329. The number of likely N-dealkylation sites (tertiary alicyclic amines) is 1. The largest absolute Gasteiger partial charge is 0.390 e. The number of halogens is 3. The maximum atomic E-state index is 13.0. The molecule has 37 heavy (non-hydrogen) atoms. The number of nitrogens with one attached hydrogen (secondary N) is 2. The third kappa shape index (κ3) is 6.28. The first-order valence-electron chi connectivity index (χ1n) is 11.5. The van der Waals surface area contributed by atoms with E-state index >= 15 is 0 Å². The quantitative estimate of drug-likeness (QED) is 0.422. The van der Waals surface area contributed by atoms with Gasteiger partial charge in [-0.25, -0.2) is 13.4 Å². The van der Waals surface area contributed by atoms with E-state index in [9.17, 15) is 36.3 Å². The van der Waals surface area contributed by atoms with E-state index in [-0.39, 0.29) is 66.2 Å². The number of anilines is 1. The summed E-state index contributed by atoms with van der Waals surface area (Å²) in [6.45, 7) is 0.395. The Kier molecular flexibility index (Phi) is 7.29. The van der Waals surface area contributed by atoms with Crippen LogP contribution in [0.4, 0.5) is 18.9 Å². The highest BCUT2D eigenvalue weighted by Gasteiger charge is 2.35. The number of alkyl halides is 3. The summed E-state index contributed by atoms with van der Waals surface area (Å²) < 4.78 is 65.5. The van der Waals surface area contributed by atoms with Gasteiger partial charge in [0.05, 0.1) is 22.8 Å². The van der Waals surface area contributed by atoms with Crippen LogP contribution in [0.5, 0.6) is 0 Å². The fourth-order valence-corrected chi connectivity index (χ4v) is 5.59. The number of aliphatic hydroxyl groups is 1. The number of piperidine rings is 1. The Bertz CT molecular complexity index is 1450. The summed E-state index contributed by atoms with van der Waals surface area (Å²) in [6, 6.07) is 9.99. The lowest BCUT2D eigenvalue weighted by molar-refractivity contribution is -0.138. The predicted octanol–water partition coefficient (Wildman–Crippen LogP) is 3.42. The highest BCUT2D eigenvalue weighted by Crippen LogP contribution is 2.31. The third-order valence-corrected chi connectivity index (χ3v) is 7.80. The maximum absolute atomic E-state index is 13.0. The topological polar surface area (TPSA) is 132 Å². The van der Waals surface area contributed by atoms with Crippen molar-refractivity contribution < 1.29 is 31.5 Å². The van der Waals surface area contributed by atoms with Crippen LogP contribution in [0.3, 0.4) is 0 Å². The van der Waals surface area contributed by atoms with E-state index in [0.29, 0.717) is 5.56 Å². The summed E-state index contributed by atoms with van der Waals surface area (Å²) in [7, 11) is -4.10. The minimum Gasteiger partial charge on any atom is -0.390 e. The first-order valence-corrected chi connectivity index (χ1v) is 13.0. The third-order valence-electron chi connectivity index (χ3n) is 6.39. The van der Waals surface area contributed by atoms with Crippen molar-refractivity contribution in [3.8, 4) is 0 Å². The molecule has 0 bridgehead atoms. The zero-order valence-electron chi connectivity index (χ0n) is 19.6. The lowest BCUT2D eigenvalue weighted by Crippen LogP contribution is -2.46. The molecular weight excluding hydrogens is 513 g/mol. The van der Waals surface area contributed by atoms with E-state index < -0.39 is 33.8 Å². The number of hydrogen-bond acceptors (Lipinski definition) is 6. The van der Waals surface area contributed by atoms with Crippen molar-refractivity contribution in [3.63, 3.8) is 0 Å². The van der Waals surface area contributed by atoms with Crippen LogP contribution < -0.4 is 10.3 Å². The molecule has 1 aliphatic heterocycles. The van der Waals surface area contributed by atoms with Crippen molar-refractivity contribution in [2.45, 2.75) is 48.8 Å². The molecule has 1 aliphatic rings. The summed E-state index contributed by atoms with van der Waals surface area (Å²) in [4.78, 5) is 32.5. The number of benzene rings is 2. The van der Waals surface area contributed by atoms with Crippen LogP contribution in [0, 0.1) is 0 Å². The molecule has 0 spiro atoms. The molecule has 198 valence electrons. The maximum Gasteiger partial charge on any atom is 0.389 e. The minimum atomic E-state index is -4.27. The number of aromatic amines is 1. The van der Waals surface area contributed by atoms with Gasteiger partial charge in [-0.3, -0.25) is 14.3 Å². The molecule has 0 aliphatic carbocycles. The van der Waals surface area contributed by atoms with Crippen LogP contribution in [0.25, 0.3) is 10.9 Å². The minimum absolute atomic E-state index is 0.0178. The van der Waals surface area contributed by atoms with E-state index in [2.05, 4.69) is 14.7 Å². The van der Waals surface area contributed by atoms with Crippen LogP contribution in [-0.2, 0) is 10.0 Å². The summed E-state index contributed by atoms with van der Waals surface area (Å²) in [5, 5.41) is 10.7. The van der Waals surface area contributed by atoms with Gasteiger partial charge >= 0.3 is 6.18 Å². The molecule has 9 nitrogen and oxygen atoms in total. The van der Waals surface area contributed by atoms with Crippen molar-refractivity contribution in [2.24, 2.45) is 0 Å². The molecule has 2 heterocycles. The van der Waals surface area contributed by atoms with E-state index in [1.807, 2.05) is 0 Å². The first kappa shape index (κ1) is 26.6. The van der Waals surface area contributed by atoms with Gasteiger partial charge in [-0.1, -0.05) is 6.07 Å². The van der Waals surface area contributed by atoms with Gasteiger partial charge < -0.3 is 15.0 Å². The number of nitrogens with zero attached hydrogens (tertiary/aromatic N) is 2. The molecule has 1 fully saturated rings. The molecule has 0 radical (unpaired) electrons. The summed E-state index contributed by atoms with van der Waals surface area (Å²) >= 11 is 0. The van der Waals surface area contributed by atoms with Gasteiger partial charge in [0.1, 0.15) is 4.90 Å². The second-order valence-corrected chi connectivity index (χ2v) is 10.7. The lowest BCUT2D eigenvalue weighted by atomic mass is 9.86. The second-order valence-electron chi connectivity index (χ2n) is 9.05. The zero-order valence-corrected chi connectivity index (χ0v) is 20.4. The van der Waals surface area contributed by atoms with Gasteiger partial charge in [-0.15, -0.1) is 0 Å². The van der Waals surface area contributed by atoms with Crippen LogP contribution in [0.2, 0.25) is 0 Å². The Hall–Kier alpha value is -3.45. The van der Waals surface area contributed by atoms with Crippen LogP contribution in [0.15, 0.2) is 58.5 Å². The second kappa shape index (κ2) is 10.1. The fourth-order valence-electron chi connectivity index (χ4n) is 4.36. The number of hydrogen-bond donors (Lipinski definition) is 3. The number of fused-ring (bicyclic) bond motifs is 1. The number of amides is 1. The molecule has 1 saturated heterocycles. The van der Waals surface area contributed by atoms with Crippen LogP contribution in [-0.4, -0.2) is 59.2 Å². The van der Waals surface area contributed by atoms with Gasteiger partial charge in [0.15, 0.2) is 0 Å². The normalized spacial score (nSPS) is 16.1. The van der Waals surface area contributed by atoms with E-state index in [1.165, 1.54) is 47.4 Å². The van der Waals surface area contributed by atoms with Gasteiger partial charge in [-0.05, 0) is 62.1 Å². The Morgan fingerprint density at radius 3 is 2.46 bits per heavy atom. The van der Waals surface area contributed by atoms with E-state index in [0.717, 1.165) is 6.33 Å². The van der Waals surface area contributed by atoms with Crippen molar-refractivity contribution in [2.75, 3.05) is 17.8 Å². The number of carbonyl (C=O) groups is 1. The zero-order chi connectivity index (χ0) is 26.8. The summed E-state index contributed by atoms with van der Waals surface area (Å²) in [6.07, 6.45) is -3.90. The molecule has 0 atom stereocenters. The molecule has 13 heteroatoms. The fraction of sp³-hybridized carbons (Fsp3) is 0.375. The Balaban J connectivity index is 1.39. The molecular formula is C24H25F3N4O5S. The molecule has 1 aromatic heterocycles. The SMILES string of the molecule is O=C(c1ccc(NS(=O)(=O)c2cccc3c(=O)[nH]cnc23)cc1)N1CCC(O)(CCCC(F)(F)F)CC1. The highest BCUT2D eigenvalue weighted by atomic mass is 32.2. The van der Waals surface area contributed by atoms with Crippen LogP contribution >= 0.6 is 0 Å². The van der Waals surface area contributed by atoms with Crippen molar-refractivity contribution in [1.29, 1.82) is 0 Å². The molecule has 3 aromatic rings. The standard InChI is InChI=1S/C24H25F3N4O5S/c25-24(26,27)10-2-9-23(34)11-13-31(14-12-23)22(33)16-5-7-17(8-6-16)30-37(35,36)19-4-1-3-18-20(19)28-15-29-21(18)32/h1,3-8,15,30,34H,2,9-14H2,(H,28,29,32). The van der Waals surface area contributed by atoms with Gasteiger partial charge in [-0.2, -0.15) is 13.2 Å². The number of para-hydroxylation sites is 1. The number of carbonyl (C=O) groups excluding carboxylic acids is 1. The molecule has 0 saturated carbocycles. The highest BCUT2D eigenvalue weighted by molar-refractivity contribution is 7.93. The number of rotatable bonds is 7. The smallest absolute Gasteiger partial charge is 0.389 e. The van der Waals surface area contributed by atoms with Gasteiger partial charge in [0.2, 0.25) is 0 Å². The molecule has 3 N–H and O–H groups in total. The average Bonchev–Trinajstić information content (AvgIpc) is 2.83. The number of sulfonamides is 1. The van der Waals surface area contributed by atoms with Crippen LogP contribution in [0.1, 0.15) is 42.5 Å². The van der Waals surface area contributed by atoms with Crippen molar-refractivity contribution >= 4 is 32.5 Å². The number of H-pyrrole nitrogens is 1.